The third-order valence-corrected chi connectivity index (χ3v) is 2.64. The van der Waals surface area contributed by atoms with Crippen molar-refractivity contribution in [3.8, 4) is 0 Å². The maximum atomic E-state index is 12.7. The first kappa shape index (κ1) is 13.1. The highest BCUT2D eigenvalue weighted by molar-refractivity contribution is 5.15. The van der Waals surface area contributed by atoms with E-state index in [0.717, 1.165) is 5.56 Å². The van der Waals surface area contributed by atoms with Gasteiger partial charge in [0.1, 0.15) is 5.82 Å². The molecule has 90 valence electrons. The predicted molar refractivity (Wildman–Crippen MR) is 60.4 cm³/mol. The molecule has 0 aromatic heterocycles. The molecule has 0 bridgehead atoms. The molecule has 3 nitrogen and oxygen atoms in total. The number of halogens is 1. The number of rotatable bonds is 6. The maximum Gasteiger partial charge on any atom is 0.123 e. The molecule has 0 heterocycles. The summed E-state index contributed by atoms with van der Waals surface area (Å²) in [6.45, 7) is 0.697. The lowest BCUT2D eigenvalue weighted by Crippen LogP contribution is -2.35. The van der Waals surface area contributed by atoms with Crippen LogP contribution in [-0.2, 0) is 6.54 Å². The Morgan fingerprint density at radius 2 is 1.88 bits per heavy atom. The van der Waals surface area contributed by atoms with Crippen LogP contribution < -0.4 is 0 Å². The van der Waals surface area contributed by atoms with Crippen LogP contribution in [-0.4, -0.2) is 41.4 Å². The van der Waals surface area contributed by atoms with Gasteiger partial charge in [-0.3, -0.25) is 4.90 Å². The quantitative estimate of drug-likeness (QED) is 0.762. The van der Waals surface area contributed by atoms with Crippen molar-refractivity contribution in [2.75, 3.05) is 20.3 Å². The number of aliphatic hydroxyl groups excluding tert-OH is 2. The molecule has 0 saturated heterocycles. The monoisotopic (exact) mass is 227 g/mol. The average molecular weight is 227 g/mol. The Hall–Kier alpha value is -0.970. The minimum Gasteiger partial charge on any atom is -0.396 e. The fourth-order valence-corrected chi connectivity index (χ4v) is 1.61. The second-order valence-corrected chi connectivity index (χ2v) is 3.89. The Kier molecular flexibility index (Phi) is 5.38. The molecule has 0 aliphatic heterocycles. The van der Waals surface area contributed by atoms with E-state index in [9.17, 15) is 4.39 Å². The predicted octanol–water partition coefficient (Wildman–Crippen LogP) is 1.00. The highest BCUT2D eigenvalue weighted by Crippen LogP contribution is 2.09. The molecule has 1 unspecified atom stereocenters. The van der Waals surface area contributed by atoms with Gasteiger partial charge in [-0.1, -0.05) is 12.1 Å². The van der Waals surface area contributed by atoms with E-state index >= 15 is 0 Å². The van der Waals surface area contributed by atoms with Crippen LogP contribution in [0.1, 0.15) is 12.0 Å². The normalized spacial score (nSPS) is 13.1. The molecule has 0 aliphatic rings. The summed E-state index contributed by atoms with van der Waals surface area (Å²) in [4.78, 5) is 1.95. The molecule has 1 aromatic rings. The highest BCUT2D eigenvalue weighted by Gasteiger charge is 2.13. The summed E-state index contributed by atoms with van der Waals surface area (Å²) >= 11 is 0. The molecule has 16 heavy (non-hydrogen) atoms. The first-order valence-corrected chi connectivity index (χ1v) is 5.33. The molecule has 0 amide bonds. The van der Waals surface area contributed by atoms with Crippen molar-refractivity contribution < 1.29 is 14.6 Å². The third-order valence-electron chi connectivity index (χ3n) is 2.64. The molecule has 0 radical (unpaired) electrons. The molecule has 0 fully saturated rings. The van der Waals surface area contributed by atoms with Gasteiger partial charge in [0.15, 0.2) is 0 Å². The van der Waals surface area contributed by atoms with Crippen LogP contribution in [0.4, 0.5) is 4.39 Å². The second kappa shape index (κ2) is 6.58. The van der Waals surface area contributed by atoms with E-state index < -0.39 is 0 Å². The van der Waals surface area contributed by atoms with Crippen LogP contribution in [0.25, 0.3) is 0 Å². The van der Waals surface area contributed by atoms with Crippen LogP contribution in [0.3, 0.4) is 0 Å². The summed E-state index contributed by atoms with van der Waals surface area (Å²) < 4.78 is 12.7. The van der Waals surface area contributed by atoms with Gasteiger partial charge < -0.3 is 10.2 Å². The van der Waals surface area contributed by atoms with Gasteiger partial charge in [-0.25, -0.2) is 4.39 Å². The summed E-state index contributed by atoms with van der Waals surface area (Å²) in [7, 11) is 1.87. The molecule has 0 saturated carbocycles. The molecule has 1 aromatic carbocycles. The van der Waals surface area contributed by atoms with E-state index in [1.807, 2.05) is 11.9 Å². The van der Waals surface area contributed by atoms with Crippen LogP contribution in [0.5, 0.6) is 0 Å². The van der Waals surface area contributed by atoms with Crippen molar-refractivity contribution in [1.82, 2.24) is 4.90 Å². The Morgan fingerprint density at radius 1 is 1.25 bits per heavy atom. The molecular weight excluding hydrogens is 209 g/mol. The molecular formula is C12H18FNO2. The van der Waals surface area contributed by atoms with Crippen LogP contribution in [0, 0.1) is 5.82 Å². The zero-order valence-corrected chi connectivity index (χ0v) is 9.43. The topological polar surface area (TPSA) is 43.7 Å². The van der Waals surface area contributed by atoms with Gasteiger partial charge in [-0.15, -0.1) is 0 Å². The lowest BCUT2D eigenvalue weighted by molar-refractivity contribution is 0.115. The first-order chi connectivity index (χ1) is 7.67. The largest absolute Gasteiger partial charge is 0.396 e. The van der Waals surface area contributed by atoms with E-state index in [1.165, 1.54) is 12.1 Å². The number of hydrogen-bond donors (Lipinski definition) is 2. The van der Waals surface area contributed by atoms with Gasteiger partial charge in [0.25, 0.3) is 0 Å². The van der Waals surface area contributed by atoms with Gasteiger partial charge in [0, 0.05) is 19.2 Å². The smallest absolute Gasteiger partial charge is 0.123 e. The molecule has 1 atom stereocenters. The molecule has 0 aliphatic carbocycles. The van der Waals surface area contributed by atoms with Crippen LogP contribution >= 0.6 is 0 Å². The Bertz CT molecular complexity index is 302. The van der Waals surface area contributed by atoms with Crippen molar-refractivity contribution in [1.29, 1.82) is 0 Å². The minimum atomic E-state index is -0.250. The van der Waals surface area contributed by atoms with Crippen LogP contribution in [0.2, 0.25) is 0 Å². The fourth-order valence-electron chi connectivity index (χ4n) is 1.61. The lowest BCUT2D eigenvalue weighted by Gasteiger charge is -2.25. The van der Waals surface area contributed by atoms with E-state index in [-0.39, 0.29) is 25.1 Å². The Morgan fingerprint density at radius 3 is 2.38 bits per heavy atom. The molecule has 4 heteroatoms. The second-order valence-electron chi connectivity index (χ2n) is 3.89. The number of hydrogen-bond acceptors (Lipinski definition) is 3. The summed E-state index contributed by atoms with van der Waals surface area (Å²) in [6.07, 6.45) is 0.536. The SMILES string of the molecule is CN(Cc1ccc(F)cc1)C(CO)CCO. The summed E-state index contributed by atoms with van der Waals surface area (Å²) in [6, 6.07) is 6.22. The standard InChI is InChI=1S/C12H18FNO2/c1-14(12(9-16)6-7-15)8-10-2-4-11(13)5-3-10/h2-5,12,15-16H,6-9H2,1H3. The third kappa shape index (κ3) is 3.89. The van der Waals surface area contributed by atoms with E-state index in [1.54, 1.807) is 12.1 Å². The van der Waals surface area contributed by atoms with Gasteiger partial charge >= 0.3 is 0 Å². The number of likely N-dealkylation sites (N-methyl/N-ethyl adjacent to an activating group) is 1. The fraction of sp³-hybridized carbons (Fsp3) is 0.500. The molecule has 0 spiro atoms. The molecule has 1 rings (SSSR count). The van der Waals surface area contributed by atoms with E-state index in [4.69, 9.17) is 10.2 Å². The van der Waals surface area contributed by atoms with Crippen LogP contribution in [0.15, 0.2) is 24.3 Å². The maximum absolute atomic E-state index is 12.7. The zero-order valence-electron chi connectivity index (χ0n) is 9.43. The number of benzene rings is 1. The van der Waals surface area contributed by atoms with E-state index in [2.05, 4.69) is 0 Å². The first-order valence-electron chi connectivity index (χ1n) is 5.33. The van der Waals surface area contributed by atoms with E-state index in [0.29, 0.717) is 13.0 Å². The van der Waals surface area contributed by atoms with Gasteiger partial charge in [0.2, 0.25) is 0 Å². The Labute approximate surface area is 95.1 Å². The highest BCUT2D eigenvalue weighted by atomic mass is 19.1. The minimum absolute atomic E-state index is 0.0122. The lowest BCUT2D eigenvalue weighted by atomic mass is 10.1. The van der Waals surface area contributed by atoms with Crippen molar-refractivity contribution in [2.45, 2.75) is 19.0 Å². The number of aliphatic hydroxyl groups is 2. The number of nitrogens with zero attached hydrogens (tertiary/aromatic N) is 1. The summed E-state index contributed by atoms with van der Waals surface area (Å²) in [5.74, 6) is -0.250. The zero-order chi connectivity index (χ0) is 12.0. The van der Waals surface area contributed by atoms with Crippen molar-refractivity contribution in [3.63, 3.8) is 0 Å². The van der Waals surface area contributed by atoms with Crippen molar-refractivity contribution >= 4 is 0 Å². The summed E-state index contributed by atoms with van der Waals surface area (Å²) in [5, 5.41) is 18.0. The van der Waals surface area contributed by atoms with Gasteiger partial charge in [-0.2, -0.15) is 0 Å². The van der Waals surface area contributed by atoms with Gasteiger partial charge in [0.05, 0.1) is 6.61 Å². The molecule has 2 N–H and O–H groups in total. The van der Waals surface area contributed by atoms with Crippen molar-refractivity contribution in [3.05, 3.63) is 35.6 Å². The van der Waals surface area contributed by atoms with Gasteiger partial charge in [-0.05, 0) is 31.2 Å². The summed E-state index contributed by atoms with van der Waals surface area (Å²) in [5.41, 5.74) is 0.986. The average Bonchev–Trinajstić information content (AvgIpc) is 2.29. The van der Waals surface area contributed by atoms with Crippen molar-refractivity contribution in [2.24, 2.45) is 0 Å². The Balaban J connectivity index is 2.55.